The molecule has 0 aliphatic rings. The highest BCUT2D eigenvalue weighted by atomic mass is 35.5. The van der Waals surface area contributed by atoms with Crippen molar-refractivity contribution in [2.45, 2.75) is 52.6 Å². The maximum Gasteiger partial charge on any atom is 0.326 e. The minimum Gasteiger partial charge on any atom is -0.480 e. The number of aromatic nitrogens is 1. The molecule has 23 heavy (non-hydrogen) atoms. The number of hydrogen-bond acceptors (Lipinski definition) is 3. The van der Waals surface area contributed by atoms with Crippen LogP contribution in [0, 0.1) is 5.41 Å². The molecule has 1 aromatic heterocycles. The lowest BCUT2D eigenvalue weighted by atomic mass is 9.91. The molecular weight excluding hydrogens is 320 g/mol. The summed E-state index contributed by atoms with van der Waals surface area (Å²) in [4.78, 5) is 35.5. The van der Waals surface area contributed by atoms with Crippen molar-refractivity contribution in [2.75, 3.05) is 0 Å². The number of pyridine rings is 1. The van der Waals surface area contributed by atoms with E-state index in [2.05, 4.69) is 5.32 Å². The fourth-order valence-electron chi connectivity index (χ4n) is 2.14. The summed E-state index contributed by atoms with van der Waals surface area (Å²) in [7, 11) is 0. The van der Waals surface area contributed by atoms with Gasteiger partial charge in [0.1, 0.15) is 6.04 Å². The van der Waals surface area contributed by atoms with Crippen LogP contribution in [-0.4, -0.2) is 27.6 Å². The van der Waals surface area contributed by atoms with E-state index in [0.717, 1.165) is 6.42 Å². The zero-order valence-electron chi connectivity index (χ0n) is 13.6. The minimum absolute atomic E-state index is 0.109. The van der Waals surface area contributed by atoms with Gasteiger partial charge in [-0.3, -0.25) is 9.59 Å². The molecule has 0 bridgehead atoms. The van der Waals surface area contributed by atoms with E-state index in [4.69, 9.17) is 11.6 Å². The first-order valence-electron chi connectivity index (χ1n) is 7.57. The Morgan fingerprint density at radius 1 is 1.39 bits per heavy atom. The van der Waals surface area contributed by atoms with Crippen molar-refractivity contribution < 1.29 is 14.7 Å². The summed E-state index contributed by atoms with van der Waals surface area (Å²) in [5.41, 5.74) is -1.22. The van der Waals surface area contributed by atoms with Crippen molar-refractivity contribution in [3.05, 3.63) is 33.7 Å². The first-order chi connectivity index (χ1) is 10.7. The number of hydrogen-bond donors (Lipinski definition) is 2. The normalized spacial score (nSPS) is 12.7. The maximum atomic E-state index is 12.4. The van der Waals surface area contributed by atoms with Crippen molar-refractivity contribution >= 4 is 23.5 Å². The standard InChI is InChI=1S/C16H23ClN2O4/c1-4-5-6-12(14(21)22)18-15(23)16(2,3)10-19-9-11(17)7-8-13(19)20/h7-9,12H,4-6,10H2,1-3H3,(H,18,23)(H,21,22). The molecule has 0 aliphatic carbocycles. The summed E-state index contributed by atoms with van der Waals surface area (Å²) in [6.45, 7) is 5.39. The molecule has 128 valence electrons. The van der Waals surface area contributed by atoms with Crippen molar-refractivity contribution in [2.24, 2.45) is 5.41 Å². The van der Waals surface area contributed by atoms with E-state index in [-0.39, 0.29) is 12.1 Å². The van der Waals surface area contributed by atoms with Gasteiger partial charge in [0.2, 0.25) is 5.91 Å². The largest absolute Gasteiger partial charge is 0.480 e. The van der Waals surface area contributed by atoms with E-state index in [0.29, 0.717) is 17.9 Å². The molecule has 1 rings (SSSR count). The third-order valence-corrected chi connectivity index (χ3v) is 3.80. The van der Waals surface area contributed by atoms with Crippen LogP contribution in [0.15, 0.2) is 23.1 Å². The zero-order valence-corrected chi connectivity index (χ0v) is 14.4. The number of carboxylic acids is 1. The van der Waals surface area contributed by atoms with Crippen LogP contribution in [0.2, 0.25) is 5.02 Å². The molecule has 7 heteroatoms. The van der Waals surface area contributed by atoms with Gasteiger partial charge < -0.3 is 15.0 Å². The fraction of sp³-hybridized carbons (Fsp3) is 0.562. The van der Waals surface area contributed by atoms with Gasteiger partial charge in [-0.25, -0.2) is 4.79 Å². The summed E-state index contributed by atoms with van der Waals surface area (Å²) in [6, 6.07) is 1.90. The molecular formula is C16H23ClN2O4. The number of aliphatic carboxylic acids is 1. The maximum absolute atomic E-state index is 12.4. The second kappa shape index (κ2) is 8.15. The van der Waals surface area contributed by atoms with Gasteiger partial charge in [-0.05, 0) is 26.3 Å². The molecule has 1 atom stereocenters. The monoisotopic (exact) mass is 342 g/mol. The predicted octanol–water partition coefficient (Wildman–Crippen LogP) is 2.29. The van der Waals surface area contributed by atoms with E-state index in [1.54, 1.807) is 13.8 Å². The Labute approximate surface area is 140 Å². The molecule has 0 aromatic carbocycles. The summed E-state index contributed by atoms with van der Waals surface area (Å²) in [6.07, 6.45) is 3.40. The van der Waals surface area contributed by atoms with Crippen molar-refractivity contribution in [1.82, 2.24) is 9.88 Å². The average molecular weight is 343 g/mol. The lowest BCUT2D eigenvalue weighted by Gasteiger charge is -2.26. The number of nitrogens with zero attached hydrogens (tertiary/aromatic N) is 1. The molecule has 2 N–H and O–H groups in total. The number of carbonyl (C=O) groups is 2. The van der Waals surface area contributed by atoms with Gasteiger partial charge in [-0.15, -0.1) is 0 Å². The lowest BCUT2D eigenvalue weighted by molar-refractivity contribution is -0.143. The molecule has 0 saturated heterocycles. The second-order valence-corrected chi connectivity index (χ2v) is 6.64. The van der Waals surface area contributed by atoms with E-state index in [1.807, 2.05) is 6.92 Å². The molecule has 0 fully saturated rings. The molecule has 1 aromatic rings. The van der Waals surface area contributed by atoms with E-state index >= 15 is 0 Å². The molecule has 6 nitrogen and oxygen atoms in total. The first kappa shape index (κ1) is 19.2. The summed E-state index contributed by atoms with van der Waals surface area (Å²) >= 11 is 5.87. The van der Waals surface area contributed by atoms with Crippen LogP contribution in [0.5, 0.6) is 0 Å². The number of nitrogens with one attached hydrogen (secondary N) is 1. The third kappa shape index (κ3) is 5.71. The number of carboxylic acid groups (broad SMARTS) is 1. The number of amides is 1. The number of rotatable bonds is 8. The highest BCUT2D eigenvalue weighted by Crippen LogP contribution is 2.19. The topological polar surface area (TPSA) is 88.4 Å². The van der Waals surface area contributed by atoms with Gasteiger partial charge in [-0.2, -0.15) is 0 Å². The Bertz CT molecular complexity index is 625. The Morgan fingerprint density at radius 3 is 2.61 bits per heavy atom. The molecule has 0 radical (unpaired) electrons. The van der Waals surface area contributed by atoms with Crippen LogP contribution in [-0.2, 0) is 16.1 Å². The van der Waals surface area contributed by atoms with Crippen LogP contribution >= 0.6 is 11.6 Å². The molecule has 1 unspecified atom stereocenters. The highest BCUT2D eigenvalue weighted by molar-refractivity contribution is 6.30. The zero-order chi connectivity index (χ0) is 17.6. The number of unbranched alkanes of at least 4 members (excludes halogenated alkanes) is 1. The predicted molar refractivity (Wildman–Crippen MR) is 88.6 cm³/mol. The smallest absolute Gasteiger partial charge is 0.326 e. The van der Waals surface area contributed by atoms with Gasteiger partial charge in [0, 0.05) is 18.8 Å². The van der Waals surface area contributed by atoms with Gasteiger partial charge in [0.15, 0.2) is 0 Å². The molecule has 0 spiro atoms. The van der Waals surface area contributed by atoms with E-state index in [9.17, 15) is 19.5 Å². The summed E-state index contributed by atoms with van der Waals surface area (Å²) in [5.74, 6) is -1.46. The second-order valence-electron chi connectivity index (χ2n) is 6.20. The minimum atomic E-state index is -1.05. The lowest BCUT2D eigenvalue weighted by Crippen LogP contribution is -2.48. The Morgan fingerprint density at radius 2 is 2.04 bits per heavy atom. The van der Waals surface area contributed by atoms with Gasteiger partial charge in [0.05, 0.1) is 10.4 Å². The quantitative estimate of drug-likeness (QED) is 0.758. The number of carbonyl (C=O) groups excluding carboxylic acids is 1. The van der Waals surface area contributed by atoms with E-state index < -0.39 is 23.3 Å². The van der Waals surface area contributed by atoms with Crippen molar-refractivity contribution in [3.8, 4) is 0 Å². The Hall–Kier alpha value is -1.82. The van der Waals surface area contributed by atoms with Gasteiger partial charge >= 0.3 is 5.97 Å². The van der Waals surface area contributed by atoms with Crippen LogP contribution in [0.1, 0.15) is 40.0 Å². The summed E-state index contributed by atoms with van der Waals surface area (Å²) in [5, 5.41) is 12.2. The van der Waals surface area contributed by atoms with E-state index in [1.165, 1.54) is 22.9 Å². The third-order valence-electron chi connectivity index (χ3n) is 3.58. The van der Waals surface area contributed by atoms with Gasteiger partial charge in [0.25, 0.3) is 5.56 Å². The molecule has 0 aliphatic heterocycles. The van der Waals surface area contributed by atoms with Crippen LogP contribution in [0.25, 0.3) is 0 Å². The molecule has 1 amide bonds. The fourth-order valence-corrected chi connectivity index (χ4v) is 2.32. The average Bonchev–Trinajstić information content (AvgIpc) is 2.46. The van der Waals surface area contributed by atoms with Crippen LogP contribution in [0.3, 0.4) is 0 Å². The highest BCUT2D eigenvalue weighted by Gasteiger charge is 2.31. The van der Waals surface area contributed by atoms with Crippen molar-refractivity contribution in [1.29, 1.82) is 0 Å². The van der Waals surface area contributed by atoms with Crippen LogP contribution in [0.4, 0.5) is 0 Å². The Balaban J connectivity index is 2.85. The SMILES string of the molecule is CCCCC(NC(=O)C(C)(C)Cn1cc(Cl)ccc1=O)C(=O)O. The van der Waals surface area contributed by atoms with Gasteiger partial charge in [-0.1, -0.05) is 31.4 Å². The number of halogens is 1. The first-order valence-corrected chi connectivity index (χ1v) is 7.95. The molecule has 1 heterocycles. The molecule has 0 saturated carbocycles. The Kier molecular flexibility index (Phi) is 6.81. The van der Waals surface area contributed by atoms with Crippen molar-refractivity contribution in [3.63, 3.8) is 0 Å². The van der Waals surface area contributed by atoms with Crippen LogP contribution < -0.4 is 10.9 Å². The summed E-state index contributed by atoms with van der Waals surface area (Å²) < 4.78 is 1.35.